The molecular weight excluding hydrogens is 216 g/mol. The lowest BCUT2D eigenvalue weighted by molar-refractivity contribution is 0.389. The predicted octanol–water partition coefficient (Wildman–Crippen LogP) is 3.79. The molecule has 1 heterocycles. The summed E-state index contributed by atoms with van der Waals surface area (Å²) in [6, 6.07) is 0.566. The van der Waals surface area contributed by atoms with Crippen molar-refractivity contribution >= 4 is 11.3 Å². The van der Waals surface area contributed by atoms with Gasteiger partial charge in [-0.25, -0.2) is 4.98 Å². The molecule has 92 valence electrons. The molecule has 0 aliphatic rings. The molecule has 0 spiro atoms. The van der Waals surface area contributed by atoms with Crippen LogP contribution in [0.2, 0.25) is 0 Å². The van der Waals surface area contributed by atoms with E-state index in [9.17, 15) is 0 Å². The van der Waals surface area contributed by atoms with Gasteiger partial charge < -0.3 is 5.32 Å². The molecule has 0 aliphatic heterocycles. The van der Waals surface area contributed by atoms with E-state index >= 15 is 0 Å². The monoisotopic (exact) mass is 240 g/mol. The average molecular weight is 240 g/mol. The first-order valence-electron chi connectivity index (χ1n) is 6.22. The molecule has 0 aromatic carbocycles. The molecule has 0 saturated carbocycles. The van der Waals surface area contributed by atoms with Crippen molar-refractivity contribution in [1.82, 2.24) is 10.3 Å². The Morgan fingerprint density at radius 2 is 2.00 bits per heavy atom. The van der Waals surface area contributed by atoms with Crippen molar-refractivity contribution in [3.05, 3.63) is 16.1 Å². The molecule has 0 fully saturated rings. The van der Waals surface area contributed by atoms with E-state index in [2.05, 4.69) is 44.9 Å². The van der Waals surface area contributed by atoms with Crippen molar-refractivity contribution in [3.63, 3.8) is 0 Å². The highest BCUT2D eigenvalue weighted by atomic mass is 32.1. The van der Waals surface area contributed by atoms with E-state index in [4.69, 9.17) is 0 Å². The molecular formula is C13H24N2S. The number of nitrogens with one attached hydrogen (secondary N) is 1. The normalized spacial score (nSPS) is 15.4. The van der Waals surface area contributed by atoms with Gasteiger partial charge in [0.25, 0.3) is 0 Å². The topological polar surface area (TPSA) is 24.9 Å². The van der Waals surface area contributed by atoms with Gasteiger partial charge in [-0.15, -0.1) is 11.3 Å². The minimum Gasteiger partial charge on any atom is -0.308 e. The van der Waals surface area contributed by atoms with Gasteiger partial charge in [-0.05, 0) is 18.8 Å². The SMILES string of the molecule is CCC(C)C(C)NCc1ncc(C(C)C)s1. The molecule has 0 saturated heterocycles. The third kappa shape index (κ3) is 3.87. The van der Waals surface area contributed by atoms with Crippen LogP contribution in [0, 0.1) is 5.92 Å². The van der Waals surface area contributed by atoms with Crippen LogP contribution in [-0.4, -0.2) is 11.0 Å². The van der Waals surface area contributed by atoms with Crippen molar-refractivity contribution < 1.29 is 0 Å². The van der Waals surface area contributed by atoms with Crippen LogP contribution in [0.1, 0.15) is 56.8 Å². The molecule has 0 amide bonds. The summed E-state index contributed by atoms with van der Waals surface area (Å²) in [6.07, 6.45) is 3.24. The summed E-state index contributed by atoms with van der Waals surface area (Å²) in [7, 11) is 0. The Labute approximate surface area is 103 Å². The number of rotatable bonds is 6. The van der Waals surface area contributed by atoms with E-state index in [1.54, 1.807) is 0 Å². The van der Waals surface area contributed by atoms with Crippen LogP contribution < -0.4 is 5.32 Å². The molecule has 0 bridgehead atoms. The van der Waals surface area contributed by atoms with Crippen LogP contribution in [0.3, 0.4) is 0 Å². The Bertz CT molecular complexity index is 307. The fraction of sp³-hybridized carbons (Fsp3) is 0.769. The molecule has 0 aliphatic carbocycles. The van der Waals surface area contributed by atoms with Crippen LogP contribution >= 0.6 is 11.3 Å². The van der Waals surface area contributed by atoms with E-state index in [-0.39, 0.29) is 0 Å². The summed E-state index contributed by atoms with van der Waals surface area (Å²) in [6.45, 7) is 12.1. The lowest BCUT2D eigenvalue weighted by Crippen LogP contribution is -2.31. The fourth-order valence-electron chi connectivity index (χ4n) is 1.48. The van der Waals surface area contributed by atoms with Gasteiger partial charge in [0, 0.05) is 23.7 Å². The molecule has 1 aromatic rings. The van der Waals surface area contributed by atoms with Gasteiger partial charge in [-0.1, -0.05) is 34.1 Å². The summed E-state index contributed by atoms with van der Waals surface area (Å²) in [5.74, 6) is 1.32. The van der Waals surface area contributed by atoms with E-state index in [0.29, 0.717) is 12.0 Å². The number of hydrogen-bond acceptors (Lipinski definition) is 3. The standard InChI is InChI=1S/C13H24N2S/c1-6-10(4)11(5)14-8-13-15-7-12(16-13)9(2)3/h7,9-11,14H,6,8H2,1-5H3. The fourth-order valence-corrected chi connectivity index (χ4v) is 2.35. The van der Waals surface area contributed by atoms with Crippen LogP contribution in [0.25, 0.3) is 0 Å². The van der Waals surface area contributed by atoms with Gasteiger partial charge in [0.1, 0.15) is 5.01 Å². The van der Waals surface area contributed by atoms with E-state index < -0.39 is 0 Å². The van der Waals surface area contributed by atoms with Crippen molar-refractivity contribution in [2.75, 3.05) is 0 Å². The zero-order chi connectivity index (χ0) is 12.1. The summed E-state index contributed by atoms with van der Waals surface area (Å²) in [5.41, 5.74) is 0. The first-order valence-corrected chi connectivity index (χ1v) is 7.04. The van der Waals surface area contributed by atoms with Crippen molar-refractivity contribution in [2.24, 2.45) is 5.92 Å². The Balaban J connectivity index is 2.42. The third-order valence-electron chi connectivity index (χ3n) is 3.21. The maximum atomic E-state index is 4.45. The van der Waals surface area contributed by atoms with Crippen molar-refractivity contribution in [2.45, 2.75) is 59.5 Å². The maximum Gasteiger partial charge on any atom is 0.107 e. The van der Waals surface area contributed by atoms with Crippen LogP contribution in [0.15, 0.2) is 6.20 Å². The first kappa shape index (κ1) is 13.7. The van der Waals surface area contributed by atoms with Gasteiger partial charge >= 0.3 is 0 Å². The van der Waals surface area contributed by atoms with Gasteiger partial charge in [-0.2, -0.15) is 0 Å². The molecule has 2 atom stereocenters. The number of aromatic nitrogens is 1. The molecule has 0 radical (unpaired) electrons. The summed E-state index contributed by atoms with van der Waals surface area (Å²) in [4.78, 5) is 5.83. The molecule has 1 N–H and O–H groups in total. The second-order valence-electron chi connectivity index (χ2n) is 4.87. The molecule has 16 heavy (non-hydrogen) atoms. The second-order valence-corrected chi connectivity index (χ2v) is 6.01. The van der Waals surface area contributed by atoms with Gasteiger partial charge in [0.05, 0.1) is 0 Å². The predicted molar refractivity (Wildman–Crippen MR) is 72.0 cm³/mol. The van der Waals surface area contributed by atoms with Gasteiger partial charge in [-0.3, -0.25) is 0 Å². The lowest BCUT2D eigenvalue weighted by atomic mass is 10.0. The minimum atomic E-state index is 0.566. The zero-order valence-corrected chi connectivity index (χ0v) is 11.9. The highest BCUT2D eigenvalue weighted by Crippen LogP contribution is 2.21. The Morgan fingerprint density at radius 1 is 1.31 bits per heavy atom. The molecule has 2 unspecified atom stereocenters. The van der Waals surface area contributed by atoms with Crippen LogP contribution in [0.5, 0.6) is 0 Å². The highest BCUT2D eigenvalue weighted by molar-refractivity contribution is 7.11. The van der Waals surface area contributed by atoms with E-state index in [0.717, 1.165) is 12.5 Å². The van der Waals surface area contributed by atoms with Crippen LogP contribution in [0.4, 0.5) is 0 Å². The third-order valence-corrected chi connectivity index (χ3v) is 4.51. The van der Waals surface area contributed by atoms with Crippen molar-refractivity contribution in [3.8, 4) is 0 Å². The quantitative estimate of drug-likeness (QED) is 0.818. The molecule has 3 heteroatoms. The second kappa shape index (κ2) is 6.36. The average Bonchev–Trinajstić information content (AvgIpc) is 2.73. The Hall–Kier alpha value is -0.410. The Kier molecular flexibility index (Phi) is 5.42. The van der Waals surface area contributed by atoms with Crippen molar-refractivity contribution in [1.29, 1.82) is 0 Å². The molecule has 2 nitrogen and oxygen atoms in total. The number of nitrogens with zero attached hydrogens (tertiary/aromatic N) is 1. The highest BCUT2D eigenvalue weighted by Gasteiger charge is 2.11. The zero-order valence-electron chi connectivity index (χ0n) is 11.1. The number of hydrogen-bond donors (Lipinski definition) is 1. The minimum absolute atomic E-state index is 0.566. The van der Waals surface area contributed by atoms with Crippen LogP contribution in [-0.2, 0) is 6.54 Å². The lowest BCUT2D eigenvalue weighted by Gasteiger charge is -2.19. The summed E-state index contributed by atoms with van der Waals surface area (Å²) >= 11 is 1.83. The van der Waals surface area contributed by atoms with Gasteiger partial charge in [0.2, 0.25) is 0 Å². The largest absolute Gasteiger partial charge is 0.308 e. The van der Waals surface area contributed by atoms with E-state index in [1.807, 2.05) is 17.5 Å². The first-order chi connectivity index (χ1) is 7.54. The number of thiazole rings is 1. The summed E-state index contributed by atoms with van der Waals surface area (Å²) in [5, 5.41) is 4.76. The summed E-state index contributed by atoms with van der Waals surface area (Å²) < 4.78 is 0. The smallest absolute Gasteiger partial charge is 0.107 e. The Morgan fingerprint density at radius 3 is 2.50 bits per heavy atom. The maximum absolute atomic E-state index is 4.45. The van der Waals surface area contributed by atoms with Gasteiger partial charge in [0.15, 0.2) is 0 Å². The molecule has 1 aromatic heterocycles. The molecule has 1 rings (SSSR count). The van der Waals surface area contributed by atoms with E-state index in [1.165, 1.54) is 16.3 Å².